The molecule has 0 saturated heterocycles. The molecule has 0 unspecified atom stereocenters. The van der Waals surface area contributed by atoms with Gasteiger partial charge in [0.2, 0.25) is 5.78 Å². The van der Waals surface area contributed by atoms with Crippen LogP contribution >= 0.6 is 0 Å². The van der Waals surface area contributed by atoms with Crippen molar-refractivity contribution >= 4 is 32.5 Å². The Morgan fingerprint density at radius 2 is 1.76 bits per heavy atom. The van der Waals surface area contributed by atoms with Gasteiger partial charge in [0.25, 0.3) is 10.0 Å². The molecular formula is C25H14F4N4O3S. The number of hydrogen-bond donors (Lipinski definition) is 2. The summed E-state index contributed by atoms with van der Waals surface area (Å²) in [5, 5.41) is 0.156. The van der Waals surface area contributed by atoms with Gasteiger partial charge in [0.15, 0.2) is 5.82 Å². The van der Waals surface area contributed by atoms with Crippen LogP contribution in [0.4, 0.5) is 23.2 Å². The Morgan fingerprint density at radius 3 is 2.51 bits per heavy atom. The number of carbonyl (C=O) groups is 1. The molecule has 0 aliphatic heterocycles. The summed E-state index contributed by atoms with van der Waals surface area (Å²) in [6.45, 7) is 0. The predicted octanol–water partition coefficient (Wildman–Crippen LogP) is 5.21. The number of hydrogen-bond acceptors (Lipinski definition) is 5. The van der Waals surface area contributed by atoms with Crippen LogP contribution in [-0.4, -0.2) is 29.2 Å². The minimum absolute atomic E-state index is 0.148. The summed E-state index contributed by atoms with van der Waals surface area (Å²) >= 11 is 0. The van der Waals surface area contributed by atoms with Gasteiger partial charge < -0.3 is 4.98 Å². The van der Waals surface area contributed by atoms with Crippen molar-refractivity contribution in [2.45, 2.75) is 4.90 Å². The van der Waals surface area contributed by atoms with Crippen LogP contribution in [-0.2, 0) is 10.0 Å². The van der Waals surface area contributed by atoms with Crippen LogP contribution in [0.15, 0.2) is 78.2 Å². The molecule has 0 saturated carbocycles. The van der Waals surface area contributed by atoms with Crippen LogP contribution in [0, 0.1) is 23.3 Å². The first-order valence-electron chi connectivity index (χ1n) is 10.5. The van der Waals surface area contributed by atoms with Gasteiger partial charge in [-0.15, -0.1) is 0 Å². The van der Waals surface area contributed by atoms with Crippen molar-refractivity contribution in [2.75, 3.05) is 4.72 Å². The van der Waals surface area contributed by atoms with E-state index >= 15 is 4.39 Å². The van der Waals surface area contributed by atoms with E-state index in [-0.39, 0.29) is 22.2 Å². The van der Waals surface area contributed by atoms with E-state index in [9.17, 15) is 26.4 Å². The normalized spacial score (nSPS) is 11.6. The Labute approximate surface area is 206 Å². The molecule has 0 amide bonds. The lowest BCUT2D eigenvalue weighted by atomic mass is 10.00. The van der Waals surface area contributed by atoms with Gasteiger partial charge in [-0.3, -0.25) is 14.5 Å². The number of H-pyrrole nitrogens is 1. The minimum Gasteiger partial charge on any atom is -0.345 e. The first-order valence-corrected chi connectivity index (χ1v) is 12.0. The number of ketones is 1. The Bertz CT molecular complexity index is 1810. The molecule has 3 aromatic heterocycles. The van der Waals surface area contributed by atoms with Crippen LogP contribution < -0.4 is 4.72 Å². The molecule has 3 heterocycles. The van der Waals surface area contributed by atoms with Gasteiger partial charge in [0, 0.05) is 40.7 Å². The Hall–Kier alpha value is -4.58. The lowest BCUT2D eigenvalue weighted by Crippen LogP contribution is -2.16. The third-order valence-electron chi connectivity index (χ3n) is 5.53. The monoisotopic (exact) mass is 526 g/mol. The number of rotatable bonds is 6. The molecule has 0 bridgehead atoms. The molecule has 0 fully saturated rings. The number of benzene rings is 2. The first kappa shape index (κ1) is 24.1. The Morgan fingerprint density at radius 1 is 0.946 bits per heavy atom. The fraction of sp³-hybridized carbons (Fsp3) is 0. The summed E-state index contributed by atoms with van der Waals surface area (Å²) in [7, 11) is -4.46. The molecule has 0 aliphatic carbocycles. The average Bonchev–Trinajstić information content (AvgIpc) is 3.29. The molecule has 0 spiro atoms. The number of aromatic amines is 1. The van der Waals surface area contributed by atoms with Gasteiger partial charge in [-0.25, -0.2) is 31.0 Å². The fourth-order valence-corrected chi connectivity index (χ4v) is 4.85. The quantitative estimate of drug-likeness (QED) is 0.233. The third-order valence-corrected chi connectivity index (χ3v) is 6.89. The summed E-state index contributed by atoms with van der Waals surface area (Å²) in [5.41, 5.74) is -1.28. The molecule has 186 valence electrons. The largest absolute Gasteiger partial charge is 0.345 e. The van der Waals surface area contributed by atoms with E-state index in [1.54, 1.807) is 0 Å². The van der Waals surface area contributed by atoms with E-state index in [1.807, 2.05) is 4.72 Å². The molecule has 2 N–H and O–H groups in total. The molecule has 7 nitrogen and oxygen atoms in total. The van der Waals surface area contributed by atoms with E-state index < -0.39 is 55.2 Å². The number of aromatic nitrogens is 3. The zero-order valence-corrected chi connectivity index (χ0v) is 19.3. The second kappa shape index (κ2) is 9.13. The van der Waals surface area contributed by atoms with Gasteiger partial charge in [-0.05, 0) is 42.5 Å². The van der Waals surface area contributed by atoms with Crippen molar-refractivity contribution in [3.8, 4) is 11.1 Å². The summed E-state index contributed by atoms with van der Waals surface area (Å²) in [6.07, 6.45) is 4.92. The van der Waals surface area contributed by atoms with Gasteiger partial charge in [0.05, 0.1) is 22.3 Å². The highest BCUT2D eigenvalue weighted by Gasteiger charge is 2.27. The van der Waals surface area contributed by atoms with Crippen molar-refractivity contribution in [3.63, 3.8) is 0 Å². The summed E-state index contributed by atoms with van der Waals surface area (Å²) < 4.78 is 84.9. The lowest BCUT2D eigenvalue weighted by Gasteiger charge is -2.12. The fourth-order valence-electron chi connectivity index (χ4n) is 3.76. The molecule has 5 rings (SSSR count). The van der Waals surface area contributed by atoms with Gasteiger partial charge in [-0.2, -0.15) is 0 Å². The third kappa shape index (κ3) is 4.42. The number of sulfonamides is 1. The van der Waals surface area contributed by atoms with E-state index in [0.29, 0.717) is 5.56 Å². The zero-order chi connectivity index (χ0) is 26.3. The smallest absolute Gasteiger partial charge is 0.262 e. The Balaban J connectivity index is 1.56. The highest BCUT2D eigenvalue weighted by Crippen LogP contribution is 2.30. The van der Waals surface area contributed by atoms with Gasteiger partial charge >= 0.3 is 0 Å². The number of nitrogens with zero attached hydrogens (tertiary/aromatic N) is 2. The maximum atomic E-state index is 15.4. The van der Waals surface area contributed by atoms with Crippen molar-refractivity contribution in [1.82, 2.24) is 15.0 Å². The summed E-state index contributed by atoms with van der Waals surface area (Å²) in [5.74, 6) is -5.29. The second-order valence-corrected chi connectivity index (χ2v) is 9.54. The summed E-state index contributed by atoms with van der Waals surface area (Å²) in [6, 6.07) is 8.34. The highest BCUT2D eigenvalue weighted by molar-refractivity contribution is 7.92. The number of nitrogens with one attached hydrogen (secondary N) is 2. The molecule has 0 atom stereocenters. The van der Waals surface area contributed by atoms with Crippen molar-refractivity contribution in [2.24, 2.45) is 0 Å². The van der Waals surface area contributed by atoms with Crippen molar-refractivity contribution in [1.29, 1.82) is 0 Å². The maximum Gasteiger partial charge on any atom is 0.262 e. The first-order chi connectivity index (χ1) is 17.7. The minimum atomic E-state index is -4.46. The molecule has 0 radical (unpaired) electrons. The van der Waals surface area contributed by atoms with E-state index in [1.165, 1.54) is 30.7 Å². The number of carbonyl (C=O) groups excluding carboxylic acids is 1. The van der Waals surface area contributed by atoms with E-state index in [0.717, 1.165) is 42.6 Å². The van der Waals surface area contributed by atoms with Crippen LogP contribution in [0.2, 0.25) is 0 Å². The molecule has 0 aliphatic rings. The molecule has 5 aromatic rings. The zero-order valence-electron chi connectivity index (χ0n) is 18.5. The molecular weight excluding hydrogens is 512 g/mol. The average molecular weight is 526 g/mol. The molecule has 2 aromatic carbocycles. The van der Waals surface area contributed by atoms with Crippen LogP contribution in [0.5, 0.6) is 0 Å². The van der Waals surface area contributed by atoms with Gasteiger partial charge in [-0.1, -0.05) is 6.07 Å². The van der Waals surface area contributed by atoms with Gasteiger partial charge in [0.1, 0.15) is 23.1 Å². The van der Waals surface area contributed by atoms with Crippen molar-refractivity contribution in [3.05, 3.63) is 108 Å². The molecule has 12 heteroatoms. The van der Waals surface area contributed by atoms with Crippen LogP contribution in [0.3, 0.4) is 0 Å². The Kier molecular flexibility index (Phi) is 5.96. The highest BCUT2D eigenvalue weighted by atomic mass is 32.2. The maximum absolute atomic E-state index is 15.4. The number of anilines is 1. The standard InChI is InChI=1S/C25H14F4N4O3S/c26-14-2-1-3-15(9-14)37(35,36)33-21-5-4-19(27)22(23(21)29)24(34)18-11-32-25-17(18)8-13(10-31-25)16-6-7-30-12-20(16)28/h1-12,33H,(H,31,32). The number of pyridine rings is 2. The summed E-state index contributed by atoms with van der Waals surface area (Å²) in [4.78, 5) is 23.3. The van der Waals surface area contributed by atoms with E-state index in [2.05, 4.69) is 15.0 Å². The van der Waals surface area contributed by atoms with E-state index in [4.69, 9.17) is 0 Å². The van der Waals surface area contributed by atoms with Crippen LogP contribution in [0.25, 0.3) is 22.2 Å². The van der Waals surface area contributed by atoms with Crippen molar-refractivity contribution < 1.29 is 30.8 Å². The predicted molar refractivity (Wildman–Crippen MR) is 126 cm³/mol. The number of fused-ring (bicyclic) bond motifs is 1. The second-order valence-electron chi connectivity index (χ2n) is 7.85. The lowest BCUT2D eigenvalue weighted by molar-refractivity contribution is 0.103. The topological polar surface area (TPSA) is 105 Å². The van der Waals surface area contributed by atoms with Crippen LogP contribution in [0.1, 0.15) is 15.9 Å². The molecule has 37 heavy (non-hydrogen) atoms. The SMILES string of the molecule is O=C(c1c(F)ccc(NS(=O)(=O)c2cccc(F)c2)c1F)c1c[nH]c2ncc(-c3ccncc3F)cc12. The number of halogens is 4.